The van der Waals surface area contributed by atoms with Gasteiger partial charge in [-0.15, -0.1) is 0 Å². The summed E-state index contributed by atoms with van der Waals surface area (Å²) >= 11 is 0. The van der Waals surface area contributed by atoms with Crippen LogP contribution in [-0.4, -0.2) is 18.6 Å². The molecule has 12 heavy (non-hydrogen) atoms. The Morgan fingerprint density at radius 1 is 1.58 bits per heavy atom. The van der Waals surface area contributed by atoms with E-state index in [2.05, 4.69) is 4.98 Å². The minimum atomic E-state index is 0.628. The van der Waals surface area contributed by atoms with Crippen molar-refractivity contribution in [2.24, 2.45) is 5.73 Å². The first-order valence-corrected chi connectivity index (χ1v) is 3.98. The van der Waals surface area contributed by atoms with Crippen LogP contribution in [0.2, 0.25) is 0 Å². The Bertz CT molecular complexity index is 261. The average Bonchev–Trinajstić information content (AvgIpc) is 2.09. The second-order valence-electron chi connectivity index (χ2n) is 2.62. The summed E-state index contributed by atoms with van der Waals surface area (Å²) in [5, 5.41) is 0. The van der Waals surface area contributed by atoms with E-state index in [1.54, 1.807) is 13.3 Å². The maximum Gasteiger partial charge on any atom is 0.125 e. The zero-order valence-electron chi connectivity index (χ0n) is 7.50. The molecule has 0 radical (unpaired) electrons. The van der Waals surface area contributed by atoms with Gasteiger partial charge in [-0.3, -0.25) is 4.98 Å². The van der Waals surface area contributed by atoms with Crippen LogP contribution in [0.1, 0.15) is 11.3 Å². The molecular formula is C9H14N2O. The summed E-state index contributed by atoms with van der Waals surface area (Å²) in [4.78, 5) is 4.17. The van der Waals surface area contributed by atoms with Gasteiger partial charge in [0.25, 0.3) is 0 Å². The fourth-order valence-electron chi connectivity index (χ4n) is 1.21. The Kier molecular flexibility index (Phi) is 3.05. The van der Waals surface area contributed by atoms with Crippen molar-refractivity contribution in [2.75, 3.05) is 13.7 Å². The Labute approximate surface area is 72.6 Å². The Balaban J connectivity index is 3.02. The normalized spacial score (nSPS) is 9.92. The molecule has 0 atom stereocenters. The summed E-state index contributed by atoms with van der Waals surface area (Å²) < 4.78 is 5.18. The summed E-state index contributed by atoms with van der Waals surface area (Å²) in [6.07, 6.45) is 2.57. The maximum atomic E-state index is 5.47. The third kappa shape index (κ3) is 1.74. The number of nitrogens with two attached hydrogens (primary N) is 1. The molecule has 3 nitrogen and oxygen atoms in total. The number of hydrogen-bond acceptors (Lipinski definition) is 3. The van der Waals surface area contributed by atoms with Gasteiger partial charge in [-0.2, -0.15) is 0 Å². The van der Waals surface area contributed by atoms with Crippen molar-refractivity contribution >= 4 is 0 Å². The van der Waals surface area contributed by atoms with Crippen LogP contribution in [0, 0.1) is 6.92 Å². The smallest absolute Gasteiger partial charge is 0.125 e. The van der Waals surface area contributed by atoms with Gasteiger partial charge in [-0.25, -0.2) is 0 Å². The lowest BCUT2D eigenvalue weighted by Crippen LogP contribution is -2.06. The van der Waals surface area contributed by atoms with Crippen LogP contribution in [0.4, 0.5) is 0 Å². The van der Waals surface area contributed by atoms with Gasteiger partial charge in [0.15, 0.2) is 0 Å². The zero-order valence-corrected chi connectivity index (χ0v) is 7.50. The molecule has 1 heterocycles. The zero-order chi connectivity index (χ0) is 8.97. The number of aryl methyl sites for hydroxylation is 1. The van der Waals surface area contributed by atoms with Crippen molar-refractivity contribution in [3.05, 3.63) is 23.5 Å². The van der Waals surface area contributed by atoms with E-state index in [0.29, 0.717) is 6.54 Å². The van der Waals surface area contributed by atoms with E-state index in [1.807, 2.05) is 13.0 Å². The molecule has 1 aromatic rings. The van der Waals surface area contributed by atoms with Crippen molar-refractivity contribution in [1.82, 2.24) is 4.98 Å². The Morgan fingerprint density at radius 2 is 2.33 bits per heavy atom. The number of rotatable bonds is 3. The maximum absolute atomic E-state index is 5.47. The molecule has 0 aromatic carbocycles. The highest BCUT2D eigenvalue weighted by Gasteiger charge is 2.04. The van der Waals surface area contributed by atoms with Crippen molar-refractivity contribution in [1.29, 1.82) is 0 Å². The van der Waals surface area contributed by atoms with E-state index in [1.165, 1.54) is 0 Å². The van der Waals surface area contributed by atoms with E-state index in [-0.39, 0.29) is 0 Å². The summed E-state index contributed by atoms with van der Waals surface area (Å²) in [6.45, 7) is 2.59. The topological polar surface area (TPSA) is 48.1 Å². The van der Waals surface area contributed by atoms with Crippen LogP contribution in [0.5, 0.6) is 5.75 Å². The van der Waals surface area contributed by atoms with Gasteiger partial charge in [0.1, 0.15) is 5.75 Å². The van der Waals surface area contributed by atoms with Gasteiger partial charge in [0.05, 0.1) is 7.11 Å². The quantitative estimate of drug-likeness (QED) is 0.725. The molecule has 2 N–H and O–H groups in total. The number of nitrogens with zero attached hydrogens (tertiary/aromatic N) is 1. The van der Waals surface area contributed by atoms with E-state index in [4.69, 9.17) is 10.5 Å². The highest BCUT2D eigenvalue weighted by atomic mass is 16.5. The van der Waals surface area contributed by atoms with E-state index in [0.717, 1.165) is 23.4 Å². The molecule has 0 unspecified atom stereocenters. The average molecular weight is 166 g/mol. The van der Waals surface area contributed by atoms with Gasteiger partial charge in [0.2, 0.25) is 0 Å². The molecule has 0 amide bonds. The molecule has 0 spiro atoms. The first kappa shape index (κ1) is 9.00. The number of methoxy groups -OCH3 is 1. The Morgan fingerprint density at radius 3 is 2.92 bits per heavy atom. The van der Waals surface area contributed by atoms with Crippen LogP contribution in [-0.2, 0) is 6.42 Å². The van der Waals surface area contributed by atoms with Gasteiger partial charge in [-0.05, 0) is 26.0 Å². The van der Waals surface area contributed by atoms with Crippen LogP contribution in [0.3, 0.4) is 0 Å². The second kappa shape index (κ2) is 4.07. The van der Waals surface area contributed by atoms with Crippen molar-refractivity contribution < 1.29 is 4.74 Å². The molecule has 66 valence electrons. The van der Waals surface area contributed by atoms with Gasteiger partial charge in [0, 0.05) is 17.5 Å². The highest BCUT2D eigenvalue weighted by Crippen LogP contribution is 2.19. The lowest BCUT2D eigenvalue weighted by atomic mass is 10.1. The summed E-state index contributed by atoms with van der Waals surface area (Å²) in [7, 11) is 1.66. The number of ether oxygens (including phenoxy) is 1. The fraction of sp³-hybridized carbons (Fsp3) is 0.444. The lowest BCUT2D eigenvalue weighted by molar-refractivity contribution is 0.408. The minimum Gasteiger partial charge on any atom is -0.496 e. The molecule has 0 aliphatic carbocycles. The lowest BCUT2D eigenvalue weighted by Gasteiger charge is -2.08. The monoisotopic (exact) mass is 166 g/mol. The van der Waals surface area contributed by atoms with Gasteiger partial charge >= 0.3 is 0 Å². The molecular weight excluding hydrogens is 152 g/mol. The molecule has 1 rings (SSSR count). The van der Waals surface area contributed by atoms with Gasteiger partial charge < -0.3 is 10.5 Å². The minimum absolute atomic E-state index is 0.628. The van der Waals surface area contributed by atoms with Crippen molar-refractivity contribution in [3.8, 4) is 5.75 Å². The standard InChI is InChI=1S/C9H14N2O/c1-7-8(3-5-10)9(12-2)4-6-11-7/h4,6H,3,5,10H2,1-2H3. The van der Waals surface area contributed by atoms with Crippen molar-refractivity contribution in [3.63, 3.8) is 0 Å². The number of hydrogen-bond donors (Lipinski definition) is 1. The molecule has 0 aliphatic rings. The Hall–Kier alpha value is -1.09. The molecule has 0 bridgehead atoms. The summed E-state index contributed by atoms with van der Waals surface area (Å²) in [5.74, 6) is 0.882. The van der Waals surface area contributed by atoms with E-state index >= 15 is 0 Å². The van der Waals surface area contributed by atoms with Crippen LogP contribution in [0.25, 0.3) is 0 Å². The molecule has 0 fully saturated rings. The number of aromatic nitrogens is 1. The largest absolute Gasteiger partial charge is 0.496 e. The van der Waals surface area contributed by atoms with Crippen LogP contribution in [0.15, 0.2) is 12.3 Å². The highest BCUT2D eigenvalue weighted by molar-refractivity contribution is 5.35. The van der Waals surface area contributed by atoms with E-state index < -0.39 is 0 Å². The predicted molar refractivity (Wildman–Crippen MR) is 48.3 cm³/mol. The molecule has 0 saturated carbocycles. The molecule has 0 saturated heterocycles. The van der Waals surface area contributed by atoms with Gasteiger partial charge in [-0.1, -0.05) is 0 Å². The molecule has 3 heteroatoms. The van der Waals surface area contributed by atoms with Crippen molar-refractivity contribution in [2.45, 2.75) is 13.3 Å². The first-order chi connectivity index (χ1) is 5.79. The van der Waals surface area contributed by atoms with Crippen LogP contribution < -0.4 is 10.5 Å². The number of pyridine rings is 1. The SMILES string of the molecule is COc1ccnc(C)c1CCN. The second-order valence-corrected chi connectivity index (χ2v) is 2.62. The molecule has 1 aromatic heterocycles. The first-order valence-electron chi connectivity index (χ1n) is 3.98. The summed E-state index contributed by atoms with van der Waals surface area (Å²) in [6, 6.07) is 1.86. The molecule has 0 aliphatic heterocycles. The third-order valence-electron chi connectivity index (χ3n) is 1.84. The third-order valence-corrected chi connectivity index (χ3v) is 1.84. The predicted octanol–water partition coefficient (Wildman–Crippen LogP) is 0.900. The van der Waals surface area contributed by atoms with E-state index in [9.17, 15) is 0 Å². The fourth-order valence-corrected chi connectivity index (χ4v) is 1.21. The van der Waals surface area contributed by atoms with Crippen LogP contribution >= 0.6 is 0 Å². The summed E-state index contributed by atoms with van der Waals surface area (Å²) in [5.41, 5.74) is 7.58.